The second kappa shape index (κ2) is 5.78. The molecule has 1 fully saturated rings. The summed E-state index contributed by atoms with van der Waals surface area (Å²) in [5, 5.41) is 30.6. The zero-order valence-corrected chi connectivity index (χ0v) is 12.1. The Hall–Kier alpha value is -1.78. The van der Waals surface area contributed by atoms with Gasteiger partial charge in [-0.1, -0.05) is 6.07 Å². The van der Waals surface area contributed by atoms with Crippen molar-refractivity contribution in [3.05, 3.63) is 44.5 Å². The van der Waals surface area contributed by atoms with Crippen LogP contribution in [0.5, 0.6) is 0 Å². The highest BCUT2D eigenvalue weighted by Crippen LogP contribution is 2.28. The van der Waals surface area contributed by atoms with Gasteiger partial charge in [-0.3, -0.25) is 4.79 Å². The van der Waals surface area contributed by atoms with Crippen LogP contribution in [0.1, 0.15) is 6.23 Å². The Morgan fingerprint density at radius 1 is 1.32 bits per heavy atom. The summed E-state index contributed by atoms with van der Waals surface area (Å²) in [6, 6.07) is 3.49. The molecule has 0 aliphatic carbocycles. The van der Waals surface area contributed by atoms with E-state index in [0.717, 1.165) is 4.57 Å². The molecule has 4 atom stereocenters. The molecule has 0 aromatic carbocycles. The minimum Gasteiger partial charge on any atom is -0.394 e. The fourth-order valence-corrected chi connectivity index (χ4v) is 3.15. The van der Waals surface area contributed by atoms with Crippen molar-refractivity contribution in [1.82, 2.24) is 9.55 Å². The second-order valence-corrected chi connectivity index (χ2v) is 5.84. The minimum absolute atomic E-state index is 0.257. The van der Waals surface area contributed by atoms with Crippen LogP contribution < -0.4 is 11.2 Å². The Bertz CT molecular complexity index is 768. The first kappa shape index (κ1) is 15.1. The lowest BCUT2D eigenvalue weighted by Gasteiger charge is -2.17. The number of hydrogen-bond acceptors (Lipinski definition) is 7. The van der Waals surface area contributed by atoms with Gasteiger partial charge in [0.05, 0.1) is 12.2 Å². The average molecular weight is 326 g/mol. The summed E-state index contributed by atoms with van der Waals surface area (Å²) in [6.07, 6.45) is -3.99. The Labute approximate surface area is 127 Å². The van der Waals surface area contributed by atoms with E-state index in [-0.39, 0.29) is 5.56 Å². The Morgan fingerprint density at radius 3 is 2.68 bits per heavy atom. The first-order valence-corrected chi connectivity index (χ1v) is 7.43. The van der Waals surface area contributed by atoms with Gasteiger partial charge in [0.2, 0.25) is 0 Å². The summed E-state index contributed by atoms with van der Waals surface area (Å²) in [4.78, 5) is 27.6. The van der Waals surface area contributed by atoms with Crippen LogP contribution in [0, 0.1) is 0 Å². The number of aliphatic hydroxyl groups excluding tert-OH is 3. The molecule has 3 heterocycles. The maximum atomic E-state index is 12.5. The van der Waals surface area contributed by atoms with E-state index >= 15 is 0 Å². The number of H-pyrrole nitrogens is 1. The number of thiophene rings is 1. The van der Waals surface area contributed by atoms with Crippen LogP contribution in [0.2, 0.25) is 0 Å². The van der Waals surface area contributed by atoms with Crippen molar-refractivity contribution in [3.63, 3.8) is 0 Å². The number of ether oxygens (including phenoxy) is 1. The molecule has 2 aromatic rings. The number of nitrogens with zero attached hydrogens (tertiary/aromatic N) is 1. The number of aromatic nitrogens is 2. The Morgan fingerprint density at radius 2 is 2.09 bits per heavy atom. The summed E-state index contributed by atoms with van der Waals surface area (Å²) in [7, 11) is 0. The molecule has 4 N–H and O–H groups in total. The van der Waals surface area contributed by atoms with E-state index in [1.807, 2.05) is 0 Å². The van der Waals surface area contributed by atoms with Crippen LogP contribution in [0.4, 0.5) is 0 Å². The van der Waals surface area contributed by atoms with Crippen LogP contribution in [-0.4, -0.2) is 49.8 Å². The van der Waals surface area contributed by atoms with Crippen LogP contribution >= 0.6 is 11.3 Å². The first-order valence-electron chi connectivity index (χ1n) is 6.55. The number of rotatable bonds is 3. The monoisotopic (exact) mass is 326 g/mol. The lowest BCUT2D eigenvalue weighted by Crippen LogP contribution is -2.43. The third-order valence-electron chi connectivity index (χ3n) is 3.57. The molecule has 0 amide bonds. The molecule has 0 saturated carbocycles. The smallest absolute Gasteiger partial charge is 0.330 e. The molecule has 0 spiro atoms. The molecule has 1 aliphatic rings. The summed E-state index contributed by atoms with van der Waals surface area (Å²) in [5.41, 5.74) is -1.14. The normalized spacial score (nSPS) is 28.1. The maximum Gasteiger partial charge on any atom is 0.330 e. The third-order valence-corrected chi connectivity index (χ3v) is 4.47. The number of aliphatic hydroxyl groups is 3. The third kappa shape index (κ3) is 2.32. The molecular formula is C13H14N2O6S. The summed E-state index contributed by atoms with van der Waals surface area (Å²) < 4.78 is 5.97. The van der Waals surface area contributed by atoms with E-state index in [1.165, 1.54) is 17.5 Å². The van der Waals surface area contributed by atoms with Crippen molar-refractivity contribution in [3.8, 4) is 10.4 Å². The molecule has 118 valence electrons. The van der Waals surface area contributed by atoms with Crippen molar-refractivity contribution in [2.45, 2.75) is 24.5 Å². The number of hydrogen-bond donors (Lipinski definition) is 4. The first-order chi connectivity index (χ1) is 10.5. The molecule has 1 aliphatic heterocycles. The second-order valence-electron chi connectivity index (χ2n) is 4.89. The summed E-state index contributed by atoms with van der Waals surface area (Å²) in [6.45, 7) is -0.536. The topological polar surface area (TPSA) is 125 Å². The average Bonchev–Trinajstić information content (AvgIpc) is 3.11. The molecule has 2 aromatic heterocycles. The van der Waals surface area contributed by atoms with Crippen molar-refractivity contribution < 1.29 is 20.1 Å². The van der Waals surface area contributed by atoms with E-state index in [1.54, 1.807) is 17.5 Å². The molecule has 9 heteroatoms. The summed E-state index contributed by atoms with van der Waals surface area (Å²) in [5.74, 6) is 0. The van der Waals surface area contributed by atoms with Crippen LogP contribution in [0.15, 0.2) is 33.3 Å². The number of aromatic amines is 1. The zero-order valence-electron chi connectivity index (χ0n) is 11.2. The fraction of sp³-hybridized carbons (Fsp3) is 0.385. The van der Waals surface area contributed by atoms with Crippen molar-refractivity contribution >= 4 is 11.3 Å². The van der Waals surface area contributed by atoms with Gasteiger partial charge in [0.15, 0.2) is 6.23 Å². The van der Waals surface area contributed by atoms with E-state index in [4.69, 9.17) is 9.84 Å². The quantitative estimate of drug-likeness (QED) is 0.566. The molecule has 1 saturated heterocycles. The standard InChI is InChI=1S/C13H14N2O6S/c16-5-7-9(17)10(18)12(21-7)15-11(19)6(4-14-13(15)20)8-2-1-3-22-8/h1-4,7,9-10,12,16-18H,5H2,(H,14,20)/t7-,9-,10-,12?/m1/s1. The van der Waals surface area contributed by atoms with Gasteiger partial charge in [-0.15, -0.1) is 11.3 Å². The van der Waals surface area contributed by atoms with Gasteiger partial charge in [0.1, 0.15) is 18.3 Å². The Balaban J connectivity index is 2.10. The van der Waals surface area contributed by atoms with Crippen LogP contribution in [-0.2, 0) is 4.74 Å². The molecule has 0 radical (unpaired) electrons. The predicted molar refractivity (Wildman–Crippen MR) is 77.6 cm³/mol. The van der Waals surface area contributed by atoms with E-state index < -0.39 is 42.4 Å². The highest BCUT2D eigenvalue weighted by Gasteiger charge is 2.44. The van der Waals surface area contributed by atoms with Gasteiger partial charge >= 0.3 is 5.69 Å². The van der Waals surface area contributed by atoms with Gasteiger partial charge < -0.3 is 25.0 Å². The Kier molecular flexibility index (Phi) is 3.98. The van der Waals surface area contributed by atoms with E-state index in [2.05, 4.69) is 4.98 Å². The largest absolute Gasteiger partial charge is 0.394 e. The van der Waals surface area contributed by atoms with Gasteiger partial charge in [0.25, 0.3) is 5.56 Å². The fourth-order valence-electron chi connectivity index (χ4n) is 2.42. The molecule has 8 nitrogen and oxygen atoms in total. The maximum absolute atomic E-state index is 12.5. The van der Waals surface area contributed by atoms with Crippen LogP contribution in [0.3, 0.4) is 0 Å². The van der Waals surface area contributed by atoms with Gasteiger partial charge in [-0.25, -0.2) is 9.36 Å². The lowest BCUT2D eigenvalue weighted by atomic mass is 10.1. The van der Waals surface area contributed by atoms with Crippen molar-refractivity contribution in [2.75, 3.05) is 6.61 Å². The van der Waals surface area contributed by atoms with Gasteiger partial charge in [-0.2, -0.15) is 0 Å². The molecule has 1 unspecified atom stereocenters. The van der Waals surface area contributed by atoms with Crippen LogP contribution in [0.25, 0.3) is 10.4 Å². The molecule has 0 bridgehead atoms. The van der Waals surface area contributed by atoms with Gasteiger partial charge in [0, 0.05) is 11.1 Å². The predicted octanol–water partition coefficient (Wildman–Crippen LogP) is -1.12. The molecular weight excluding hydrogens is 312 g/mol. The highest BCUT2D eigenvalue weighted by atomic mass is 32.1. The number of nitrogens with one attached hydrogen (secondary N) is 1. The van der Waals surface area contributed by atoms with Crippen molar-refractivity contribution in [2.24, 2.45) is 0 Å². The molecule has 3 rings (SSSR count). The van der Waals surface area contributed by atoms with E-state index in [9.17, 15) is 19.8 Å². The highest BCUT2D eigenvalue weighted by molar-refractivity contribution is 7.13. The lowest BCUT2D eigenvalue weighted by molar-refractivity contribution is -0.0563. The SMILES string of the molecule is O=c1[nH]cc(-c2cccs2)c(=O)n1C1O[C@H](CO)[C@@H](O)[C@H]1O. The molecule has 22 heavy (non-hydrogen) atoms. The van der Waals surface area contributed by atoms with E-state index in [0.29, 0.717) is 4.88 Å². The zero-order chi connectivity index (χ0) is 15.9. The van der Waals surface area contributed by atoms with Gasteiger partial charge in [-0.05, 0) is 11.4 Å². The minimum atomic E-state index is -1.49. The summed E-state index contributed by atoms with van der Waals surface area (Å²) >= 11 is 1.33. The van der Waals surface area contributed by atoms with Crippen molar-refractivity contribution in [1.29, 1.82) is 0 Å².